The molecule has 0 aliphatic carbocycles. The van der Waals surface area contributed by atoms with Crippen molar-refractivity contribution in [3.63, 3.8) is 0 Å². The van der Waals surface area contributed by atoms with Gasteiger partial charge in [0.15, 0.2) is 11.6 Å². The zero-order chi connectivity index (χ0) is 15.6. The smallest absolute Gasteiger partial charge is 0.165 e. The molecule has 0 amide bonds. The maximum atomic E-state index is 14.0. The highest BCUT2D eigenvalue weighted by atomic mass is 79.9. The third-order valence-corrected chi connectivity index (χ3v) is 3.66. The van der Waals surface area contributed by atoms with E-state index in [-0.39, 0.29) is 22.6 Å². The lowest BCUT2D eigenvalue weighted by Crippen LogP contribution is -2.17. The normalized spacial score (nSPS) is 12.3. The number of hydrogen-bond donors (Lipinski definition) is 1. The number of ether oxygens (including phenoxy) is 1. The van der Waals surface area contributed by atoms with E-state index in [0.717, 1.165) is 11.6 Å². The van der Waals surface area contributed by atoms with E-state index in [1.807, 2.05) is 6.92 Å². The second-order valence-corrected chi connectivity index (χ2v) is 6.01. The van der Waals surface area contributed by atoms with Gasteiger partial charge < -0.3 is 10.5 Å². The zero-order valence-corrected chi connectivity index (χ0v) is 13.5. The van der Waals surface area contributed by atoms with Gasteiger partial charge in [0, 0.05) is 12.1 Å². The first kappa shape index (κ1) is 16.2. The second-order valence-electron chi connectivity index (χ2n) is 4.74. The van der Waals surface area contributed by atoms with E-state index in [9.17, 15) is 8.78 Å². The Morgan fingerprint density at radius 2 is 1.90 bits per heavy atom. The van der Waals surface area contributed by atoms with E-state index < -0.39 is 11.6 Å². The maximum absolute atomic E-state index is 14.0. The first-order valence-electron chi connectivity index (χ1n) is 6.23. The molecule has 112 valence electrons. The number of halogens is 4. The van der Waals surface area contributed by atoms with Gasteiger partial charge in [-0.05, 0) is 53.0 Å². The Kier molecular flexibility index (Phi) is 5.19. The molecule has 0 saturated carbocycles. The molecule has 21 heavy (non-hydrogen) atoms. The largest absolute Gasteiger partial charge is 0.453 e. The lowest BCUT2D eigenvalue weighted by Gasteiger charge is -2.11. The Balaban J connectivity index is 2.26. The number of rotatable bonds is 4. The monoisotopic (exact) mass is 375 g/mol. The Hall–Kier alpha value is -1.17. The molecule has 0 spiro atoms. The molecule has 1 unspecified atom stereocenters. The summed E-state index contributed by atoms with van der Waals surface area (Å²) in [6, 6.07) is 6.97. The number of nitrogens with two attached hydrogens (primary N) is 1. The van der Waals surface area contributed by atoms with Crippen LogP contribution in [0.2, 0.25) is 5.02 Å². The highest BCUT2D eigenvalue weighted by Gasteiger charge is 2.12. The SMILES string of the molecule is CC(N)Cc1ccc(Oc2cc(F)c(Cl)cc2Br)c(F)c1. The molecule has 2 rings (SSSR count). The van der Waals surface area contributed by atoms with Crippen molar-refractivity contribution in [1.29, 1.82) is 0 Å². The summed E-state index contributed by atoms with van der Waals surface area (Å²) in [5, 5.41) is -0.0398. The van der Waals surface area contributed by atoms with Crippen molar-refractivity contribution in [2.45, 2.75) is 19.4 Å². The molecule has 0 saturated heterocycles. The van der Waals surface area contributed by atoms with Crippen LogP contribution >= 0.6 is 27.5 Å². The Morgan fingerprint density at radius 1 is 1.19 bits per heavy atom. The van der Waals surface area contributed by atoms with Crippen LogP contribution in [0.4, 0.5) is 8.78 Å². The first-order chi connectivity index (χ1) is 9.86. The summed E-state index contributed by atoms with van der Waals surface area (Å²) in [4.78, 5) is 0. The van der Waals surface area contributed by atoms with E-state index in [2.05, 4.69) is 15.9 Å². The van der Waals surface area contributed by atoms with Crippen molar-refractivity contribution >= 4 is 27.5 Å². The van der Waals surface area contributed by atoms with E-state index in [0.29, 0.717) is 10.9 Å². The molecule has 0 aromatic heterocycles. The molecule has 0 fully saturated rings. The van der Waals surface area contributed by atoms with Crippen LogP contribution in [0.25, 0.3) is 0 Å². The average molecular weight is 377 g/mol. The molecular weight excluding hydrogens is 364 g/mol. The summed E-state index contributed by atoms with van der Waals surface area (Å²) >= 11 is 8.84. The van der Waals surface area contributed by atoms with Gasteiger partial charge >= 0.3 is 0 Å². The minimum atomic E-state index is -0.635. The van der Waals surface area contributed by atoms with Gasteiger partial charge in [-0.15, -0.1) is 0 Å². The summed E-state index contributed by atoms with van der Waals surface area (Å²) in [6.07, 6.45) is 0.566. The Labute approximate surface area is 135 Å². The molecule has 2 nitrogen and oxygen atoms in total. The molecule has 0 aliphatic heterocycles. The molecule has 2 aromatic rings. The van der Waals surface area contributed by atoms with Gasteiger partial charge in [-0.1, -0.05) is 17.7 Å². The zero-order valence-electron chi connectivity index (χ0n) is 11.2. The fourth-order valence-electron chi connectivity index (χ4n) is 1.83. The van der Waals surface area contributed by atoms with Gasteiger partial charge in [-0.2, -0.15) is 0 Å². The fraction of sp³-hybridized carbons (Fsp3) is 0.200. The predicted molar refractivity (Wildman–Crippen MR) is 82.9 cm³/mol. The van der Waals surface area contributed by atoms with Crippen LogP contribution in [0.5, 0.6) is 11.5 Å². The maximum Gasteiger partial charge on any atom is 0.165 e. The first-order valence-corrected chi connectivity index (χ1v) is 7.40. The molecule has 0 radical (unpaired) electrons. The molecule has 1 atom stereocenters. The van der Waals surface area contributed by atoms with Crippen molar-refractivity contribution in [3.8, 4) is 11.5 Å². The lowest BCUT2D eigenvalue weighted by molar-refractivity contribution is 0.435. The van der Waals surface area contributed by atoms with Crippen LogP contribution in [-0.2, 0) is 6.42 Å². The van der Waals surface area contributed by atoms with E-state index in [1.54, 1.807) is 6.07 Å². The van der Waals surface area contributed by atoms with Gasteiger partial charge in [-0.25, -0.2) is 8.78 Å². The Bertz CT molecular complexity index is 664. The van der Waals surface area contributed by atoms with Crippen LogP contribution in [0.1, 0.15) is 12.5 Å². The van der Waals surface area contributed by atoms with Gasteiger partial charge in [0.2, 0.25) is 0 Å². The van der Waals surface area contributed by atoms with E-state index in [4.69, 9.17) is 22.1 Å². The second kappa shape index (κ2) is 6.73. The van der Waals surface area contributed by atoms with Crippen molar-refractivity contribution in [3.05, 3.63) is 57.0 Å². The molecule has 6 heteroatoms. The van der Waals surface area contributed by atoms with Crippen LogP contribution in [-0.4, -0.2) is 6.04 Å². The standard InChI is InChI=1S/C15H13BrClF2NO/c1-8(20)4-9-2-3-14(13(19)5-9)21-15-7-12(18)11(17)6-10(15)16/h2-3,5-8H,4,20H2,1H3. The van der Waals surface area contributed by atoms with Gasteiger partial charge in [0.05, 0.1) is 9.50 Å². The summed E-state index contributed by atoms with van der Waals surface area (Å²) in [5.74, 6) is -1.01. The lowest BCUT2D eigenvalue weighted by atomic mass is 10.1. The quantitative estimate of drug-likeness (QED) is 0.757. The van der Waals surface area contributed by atoms with Gasteiger partial charge in [-0.3, -0.25) is 0 Å². The molecule has 0 aliphatic rings. The average Bonchev–Trinajstić information content (AvgIpc) is 2.38. The molecule has 2 aromatic carbocycles. The van der Waals surface area contributed by atoms with Crippen molar-refractivity contribution in [1.82, 2.24) is 0 Å². The molecule has 2 N–H and O–H groups in total. The molecule has 0 bridgehead atoms. The van der Waals surface area contributed by atoms with E-state index >= 15 is 0 Å². The van der Waals surface area contributed by atoms with Crippen molar-refractivity contribution in [2.24, 2.45) is 5.73 Å². The highest BCUT2D eigenvalue weighted by Crippen LogP contribution is 2.34. The molecule has 0 heterocycles. The number of benzene rings is 2. The molecular formula is C15H13BrClF2NO. The third-order valence-electron chi connectivity index (χ3n) is 2.75. The minimum absolute atomic E-state index is 0.00541. The van der Waals surface area contributed by atoms with Crippen molar-refractivity contribution < 1.29 is 13.5 Å². The summed E-state index contributed by atoms with van der Waals surface area (Å²) in [5.41, 5.74) is 6.45. The number of hydrogen-bond acceptors (Lipinski definition) is 2. The minimum Gasteiger partial charge on any atom is -0.453 e. The van der Waals surface area contributed by atoms with Crippen LogP contribution in [0.15, 0.2) is 34.8 Å². The van der Waals surface area contributed by atoms with Crippen LogP contribution in [0.3, 0.4) is 0 Å². The van der Waals surface area contributed by atoms with Crippen molar-refractivity contribution in [2.75, 3.05) is 0 Å². The van der Waals surface area contributed by atoms with Crippen LogP contribution in [0, 0.1) is 11.6 Å². The topological polar surface area (TPSA) is 35.2 Å². The van der Waals surface area contributed by atoms with Gasteiger partial charge in [0.25, 0.3) is 0 Å². The van der Waals surface area contributed by atoms with Gasteiger partial charge in [0.1, 0.15) is 11.6 Å². The summed E-state index contributed by atoms with van der Waals surface area (Å²) < 4.78 is 33.2. The summed E-state index contributed by atoms with van der Waals surface area (Å²) in [7, 11) is 0. The Morgan fingerprint density at radius 3 is 2.52 bits per heavy atom. The summed E-state index contributed by atoms with van der Waals surface area (Å²) in [6.45, 7) is 1.84. The third kappa shape index (κ3) is 4.15. The van der Waals surface area contributed by atoms with E-state index in [1.165, 1.54) is 18.2 Å². The van der Waals surface area contributed by atoms with Crippen LogP contribution < -0.4 is 10.5 Å². The fourth-order valence-corrected chi connectivity index (χ4v) is 2.55. The predicted octanol–water partition coefficient (Wildman–Crippen LogP) is 5.06. The highest BCUT2D eigenvalue weighted by molar-refractivity contribution is 9.10.